The van der Waals surface area contributed by atoms with Gasteiger partial charge in [0, 0.05) is 21.4 Å². The zero-order chi connectivity index (χ0) is 14.2. The fraction of sp³-hybridized carbons (Fsp3) is 0.400. The van der Waals surface area contributed by atoms with E-state index in [1.165, 1.54) is 0 Å². The van der Waals surface area contributed by atoms with Crippen molar-refractivity contribution >= 4 is 26.7 Å². The first-order valence-corrected chi connectivity index (χ1v) is 7.32. The average molecular weight is 338 g/mol. The Kier molecular flexibility index (Phi) is 3.67. The van der Waals surface area contributed by atoms with Crippen molar-refractivity contribution in [2.45, 2.75) is 25.7 Å². The summed E-state index contributed by atoms with van der Waals surface area (Å²) in [6.07, 6.45) is 1.70. The summed E-state index contributed by atoms with van der Waals surface area (Å²) >= 11 is 3.50. The minimum absolute atomic E-state index is 0.0609. The summed E-state index contributed by atoms with van der Waals surface area (Å²) in [7, 11) is 0. The first-order valence-electron chi connectivity index (χ1n) is 6.53. The number of hydrogen-bond donors (Lipinski definition) is 0. The van der Waals surface area contributed by atoms with E-state index in [1.807, 2.05) is 38.1 Å². The lowest BCUT2D eigenvalue weighted by atomic mass is 10.2. The van der Waals surface area contributed by atoms with Gasteiger partial charge in [-0.15, -0.1) is 0 Å². The molecule has 1 saturated heterocycles. The van der Waals surface area contributed by atoms with E-state index in [0.29, 0.717) is 19.1 Å². The maximum Gasteiger partial charge on any atom is 0.221 e. The fourth-order valence-electron chi connectivity index (χ4n) is 2.26. The number of benzene rings is 1. The lowest BCUT2D eigenvalue weighted by Crippen LogP contribution is -2.25. The Hall–Kier alpha value is -1.17. The SMILES string of the molecule is CC1(C)OCC(COc2ncc(Br)c3ccccc23)O1. The Balaban J connectivity index is 1.77. The number of pyridine rings is 1. The molecule has 1 fully saturated rings. The van der Waals surface area contributed by atoms with Gasteiger partial charge in [-0.1, -0.05) is 18.2 Å². The summed E-state index contributed by atoms with van der Waals surface area (Å²) in [5.41, 5.74) is 0. The van der Waals surface area contributed by atoms with Gasteiger partial charge in [-0.2, -0.15) is 0 Å². The van der Waals surface area contributed by atoms with Gasteiger partial charge in [-0.3, -0.25) is 0 Å². The number of halogens is 1. The summed E-state index contributed by atoms with van der Waals surface area (Å²) in [5.74, 6) is 0.0978. The van der Waals surface area contributed by atoms with Crippen LogP contribution in [0.1, 0.15) is 13.8 Å². The second kappa shape index (κ2) is 5.31. The van der Waals surface area contributed by atoms with E-state index in [-0.39, 0.29) is 6.10 Å². The molecule has 2 aromatic rings. The monoisotopic (exact) mass is 337 g/mol. The lowest BCUT2D eigenvalue weighted by Gasteiger charge is -2.17. The highest BCUT2D eigenvalue weighted by molar-refractivity contribution is 9.10. The summed E-state index contributed by atoms with van der Waals surface area (Å²) in [5, 5.41) is 2.07. The van der Waals surface area contributed by atoms with Gasteiger partial charge in [-0.25, -0.2) is 4.98 Å². The van der Waals surface area contributed by atoms with Crippen molar-refractivity contribution in [3.8, 4) is 5.88 Å². The minimum Gasteiger partial charge on any atom is -0.474 e. The molecule has 0 N–H and O–H groups in total. The zero-order valence-corrected chi connectivity index (χ0v) is 13.0. The zero-order valence-electron chi connectivity index (χ0n) is 11.4. The van der Waals surface area contributed by atoms with Crippen molar-refractivity contribution in [1.29, 1.82) is 0 Å². The molecular formula is C15H16BrNO3. The Bertz CT molecular complexity index is 630. The number of fused-ring (bicyclic) bond motifs is 1. The molecule has 3 rings (SSSR count). The maximum atomic E-state index is 5.81. The lowest BCUT2D eigenvalue weighted by molar-refractivity contribution is -0.141. The predicted molar refractivity (Wildman–Crippen MR) is 79.8 cm³/mol. The molecule has 0 saturated carbocycles. The standard InChI is InChI=1S/C15H16BrNO3/c1-15(2)19-9-10(20-15)8-18-14-12-6-4-3-5-11(12)13(16)7-17-14/h3-7,10H,8-9H2,1-2H3. The van der Waals surface area contributed by atoms with Crippen molar-refractivity contribution in [1.82, 2.24) is 4.98 Å². The van der Waals surface area contributed by atoms with Crippen LogP contribution in [0.3, 0.4) is 0 Å². The summed E-state index contributed by atoms with van der Waals surface area (Å²) < 4.78 is 18.0. The van der Waals surface area contributed by atoms with Crippen LogP contribution in [0.5, 0.6) is 5.88 Å². The molecule has 0 radical (unpaired) electrons. The molecule has 2 heterocycles. The average Bonchev–Trinajstić information content (AvgIpc) is 2.78. The van der Waals surface area contributed by atoms with Crippen LogP contribution in [-0.4, -0.2) is 30.1 Å². The smallest absolute Gasteiger partial charge is 0.221 e. The molecule has 1 aliphatic heterocycles. The van der Waals surface area contributed by atoms with E-state index in [2.05, 4.69) is 20.9 Å². The van der Waals surface area contributed by atoms with Crippen LogP contribution in [0.15, 0.2) is 34.9 Å². The van der Waals surface area contributed by atoms with Crippen LogP contribution in [-0.2, 0) is 9.47 Å². The van der Waals surface area contributed by atoms with Crippen LogP contribution in [0, 0.1) is 0 Å². The summed E-state index contributed by atoms with van der Waals surface area (Å²) in [4.78, 5) is 4.34. The molecule has 5 heteroatoms. The van der Waals surface area contributed by atoms with Crippen LogP contribution in [0.25, 0.3) is 10.8 Å². The molecular weight excluding hydrogens is 322 g/mol. The summed E-state index contributed by atoms with van der Waals surface area (Å²) in [6, 6.07) is 8.00. The number of rotatable bonds is 3. The van der Waals surface area contributed by atoms with E-state index in [9.17, 15) is 0 Å². The highest BCUT2D eigenvalue weighted by atomic mass is 79.9. The predicted octanol–water partition coefficient (Wildman–Crippen LogP) is 3.53. The molecule has 4 nitrogen and oxygen atoms in total. The number of hydrogen-bond acceptors (Lipinski definition) is 4. The highest BCUT2D eigenvalue weighted by Gasteiger charge is 2.33. The van der Waals surface area contributed by atoms with Gasteiger partial charge in [0.15, 0.2) is 5.79 Å². The van der Waals surface area contributed by atoms with Gasteiger partial charge >= 0.3 is 0 Å². The van der Waals surface area contributed by atoms with Gasteiger partial charge in [0.2, 0.25) is 5.88 Å². The molecule has 1 aromatic carbocycles. The minimum atomic E-state index is -0.525. The van der Waals surface area contributed by atoms with E-state index in [1.54, 1.807) is 6.20 Å². The van der Waals surface area contributed by atoms with E-state index >= 15 is 0 Å². The fourth-order valence-corrected chi connectivity index (χ4v) is 2.71. The first-order chi connectivity index (χ1) is 9.55. The van der Waals surface area contributed by atoms with Crippen LogP contribution in [0.2, 0.25) is 0 Å². The molecule has 106 valence electrons. The molecule has 1 aromatic heterocycles. The highest BCUT2D eigenvalue weighted by Crippen LogP contribution is 2.30. The Morgan fingerprint density at radius 3 is 2.80 bits per heavy atom. The molecule has 0 spiro atoms. The van der Waals surface area contributed by atoms with E-state index in [4.69, 9.17) is 14.2 Å². The van der Waals surface area contributed by atoms with Gasteiger partial charge in [0.25, 0.3) is 0 Å². The van der Waals surface area contributed by atoms with Gasteiger partial charge < -0.3 is 14.2 Å². The molecule has 1 unspecified atom stereocenters. The Morgan fingerprint density at radius 2 is 2.10 bits per heavy atom. The second-order valence-corrected chi connectivity index (χ2v) is 6.07. The molecule has 1 aliphatic rings. The maximum absolute atomic E-state index is 5.81. The number of aromatic nitrogens is 1. The number of nitrogens with zero attached hydrogens (tertiary/aromatic N) is 1. The molecule has 1 atom stereocenters. The quantitative estimate of drug-likeness (QED) is 0.859. The Morgan fingerprint density at radius 1 is 1.35 bits per heavy atom. The summed E-state index contributed by atoms with van der Waals surface area (Å²) in [6.45, 7) is 4.78. The third-order valence-electron chi connectivity index (χ3n) is 3.18. The Labute approximate surface area is 126 Å². The van der Waals surface area contributed by atoms with Gasteiger partial charge in [0.1, 0.15) is 12.7 Å². The first kappa shape index (κ1) is 13.8. The van der Waals surface area contributed by atoms with Crippen LogP contribution in [0.4, 0.5) is 0 Å². The third kappa shape index (κ3) is 2.80. The molecule has 0 bridgehead atoms. The normalized spacial score (nSPS) is 21.2. The van der Waals surface area contributed by atoms with Crippen molar-refractivity contribution in [2.75, 3.05) is 13.2 Å². The number of ether oxygens (including phenoxy) is 3. The van der Waals surface area contributed by atoms with Crippen LogP contribution < -0.4 is 4.74 Å². The topological polar surface area (TPSA) is 40.6 Å². The van der Waals surface area contributed by atoms with Crippen molar-refractivity contribution < 1.29 is 14.2 Å². The largest absolute Gasteiger partial charge is 0.474 e. The van der Waals surface area contributed by atoms with Crippen molar-refractivity contribution in [3.05, 3.63) is 34.9 Å². The van der Waals surface area contributed by atoms with E-state index < -0.39 is 5.79 Å². The van der Waals surface area contributed by atoms with Gasteiger partial charge in [-0.05, 0) is 35.8 Å². The molecule has 0 aliphatic carbocycles. The van der Waals surface area contributed by atoms with Crippen LogP contribution >= 0.6 is 15.9 Å². The molecule has 20 heavy (non-hydrogen) atoms. The van der Waals surface area contributed by atoms with Crippen molar-refractivity contribution in [3.63, 3.8) is 0 Å². The van der Waals surface area contributed by atoms with Gasteiger partial charge in [0.05, 0.1) is 6.61 Å². The second-order valence-electron chi connectivity index (χ2n) is 5.22. The molecule has 0 amide bonds. The third-order valence-corrected chi connectivity index (χ3v) is 3.82. The van der Waals surface area contributed by atoms with E-state index in [0.717, 1.165) is 15.2 Å². The van der Waals surface area contributed by atoms with Crippen molar-refractivity contribution in [2.24, 2.45) is 0 Å².